The highest BCUT2D eigenvalue weighted by Crippen LogP contribution is 2.20. The minimum atomic E-state index is -0.849. The van der Waals surface area contributed by atoms with E-state index >= 15 is 0 Å². The molecule has 1 fully saturated rings. The second-order valence-corrected chi connectivity index (χ2v) is 4.50. The Hall–Kier alpha value is -0.610. The summed E-state index contributed by atoms with van der Waals surface area (Å²) in [6.07, 6.45) is 0.774. The average Bonchev–Trinajstić information content (AvgIpc) is 2.46. The van der Waals surface area contributed by atoms with Crippen molar-refractivity contribution in [1.82, 2.24) is 5.32 Å². The molecule has 1 aliphatic rings. The molecule has 0 aromatic carbocycles. The van der Waals surface area contributed by atoms with Crippen molar-refractivity contribution in [2.75, 3.05) is 13.2 Å². The molecule has 1 heterocycles. The Balaban J connectivity index is 2.35. The lowest BCUT2D eigenvalue weighted by molar-refractivity contribution is -0.127. The lowest BCUT2D eigenvalue weighted by atomic mass is 10.0. The van der Waals surface area contributed by atoms with E-state index in [0.29, 0.717) is 6.61 Å². The molecular formula is C10H19NO3. The van der Waals surface area contributed by atoms with Gasteiger partial charge in [0.2, 0.25) is 5.91 Å². The number of nitrogens with one attached hydrogen (secondary N) is 1. The van der Waals surface area contributed by atoms with E-state index in [2.05, 4.69) is 5.32 Å². The highest BCUT2D eigenvalue weighted by atomic mass is 16.5. The van der Waals surface area contributed by atoms with E-state index in [1.807, 2.05) is 6.92 Å². The van der Waals surface area contributed by atoms with Crippen molar-refractivity contribution in [3.05, 3.63) is 0 Å². The molecule has 1 aliphatic heterocycles. The van der Waals surface area contributed by atoms with Crippen LogP contribution in [0.15, 0.2) is 0 Å². The predicted molar refractivity (Wildman–Crippen MR) is 52.8 cm³/mol. The van der Waals surface area contributed by atoms with Gasteiger partial charge in [-0.05, 0) is 27.2 Å². The first-order valence-electron chi connectivity index (χ1n) is 5.02. The van der Waals surface area contributed by atoms with E-state index in [4.69, 9.17) is 4.74 Å². The van der Waals surface area contributed by atoms with Crippen molar-refractivity contribution in [2.45, 2.75) is 38.9 Å². The molecule has 4 heteroatoms. The molecule has 0 bridgehead atoms. The number of amides is 1. The average molecular weight is 201 g/mol. The van der Waals surface area contributed by atoms with E-state index in [0.717, 1.165) is 6.42 Å². The third-order valence-corrected chi connectivity index (χ3v) is 2.41. The summed E-state index contributed by atoms with van der Waals surface area (Å²) in [7, 11) is 0. The Morgan fingerprint density at radius 2 is 2.29 bits per heavy atom. The third kappa shape index (κ3) is 3.27. The van der Waals surface area contributed by atoms with Gasteiger partial charge in [0, 0.05) is 13.2 Å². The third-order valence-electron chi connectivity index (χ3n) is 2.41. The van der Waals surface area contributed by atoms with Gasteiger partial charge in [0.1, 0.15) is 0 Å². The lowest BCUT2D eigenvalue weighted by Crippen LogP contribution is -2.42. The molecular weight excluding hydrogens is 182 g/mol. The Morgan fingerprint density at radius 1 is 1.64 bits per heavy atom. The molecule has 0 aromatic heterocycles. The van der Waals surface area contributed by atoms with Gasteiger partial charge in [-0.15, -0.1) is 0 Å². The zero-order valence-electron chi connectivity index (χ0n) is 9.04. The van der Waals surface area contributed by atoms with Gasteiger partial charge in [-0.3, -0.25) is 4.79 Å². The summed E-state index contributed by atoms with van der Waals surface area (Å²) in [5, 5.41) is 12.2. The molecule has 2 unspecified atom stereocenters. The van der Waals surface area contributed by atoms with Crippen LogP contribution in [0.1, 0.15) is 27.2 Å². The fraction of sp³-hybridized carbons (Fsp3) is 0.900. The van der Waals surface area contributed by atoms with Crippen LogP contribution in [0.25, 0.3) is 0 Å². The molecule has 0 aliphatic carbocycles. The van der Waals surface area contributed by atoms with Crippen LogP contribution in [0.5, 0.6) is 0 Å². The molecule has 1 saturated heterocycles. The highest BCUT2D eigenvalue weighted by Gasteiger charge is 2.31. The first kappa shape index (κ1) is 11.5. The number of aliphatic hydroxyl groups is 1. The normalized spacial score (nSPS) is 27.7. The van der Waals surface area contributed by atoms with E-state index in [9.17, 15) is 9.90 Å². The fourth-order valence-corrected chi connectivity index (χ4v) is 1.51. The van der Waals surface area contributed by atoms with Gasteiger partial charge in [0.05, 0.1) is 17.6 Å². The largest absolute Gasteiger partial charge is 0.389 e. The second kappa shape index (κ2) is 4.28. The van der Waals surface area contributed by atoms with Crippen LogP contribution < -0.4 is 5.32 Å². The smallest absolute Gasteiger partial charge is 0.225 e. The molecule has 4 nitrogen and oxygen atoms in total. The van der Waals surface area contributed by atoms with Crippen molar-refractivity contribution in [1.29, 1.82) is 0 Å². The quantitative estimate of drug-likeness (QED) is 0.690. The number of carbonyl (C=O) groups is 1. The zero-order chi connectivity index (χ0) is 10.8. The molecule has 14 heavy (non-hydrogen) atoms. The fourth-order valence-electron chi connectivity index (χ4n) is 1.51. The van der Waals surface area contributed by atoms with Crippen molar-refractivity contribution >= 4 is 5.91 Å². The van der Waals surface area contributed by atoms with E-state index in [1.54, 1.807) is 13.8 Å². The van der Waals surface area contributed by atoms with Crippen molar-refractivity contribution in [2.24, 2.45) is 5.92 Å². The van der Waals surface area contributed by atoms with Gasteiger partial charge in [0.15, 0.2) is 0 Å². The summed E-state index contributed by atoms with van der Waals surface area (Å²) in [5.74, 6) is -0.0746. The summed E-state index contributed by atoms with van der Waals surface area (Å²) in [6, 6.07) is 0. The Bertz CT molecular complexity index is 210. The molecule has 82 valence electrons. The van der Waals surface area contributed by atoms with Crippen LogP contribution in [0, 0.1) is 5.92 Å². The van der Waals surface area contributed by atoms with Gasteiger partial charge >= 0.3 is 0 Å². The number of hydrogen-bond acceptors (Lipinski definition) is 3. The maximum Gasteiger partial charge on any atom is 0.225 e. The van der Waals surface area contributed by atoms with Crippen LogP contribution in [0.4, 0.5) is 0 Å². The van der Waals surface area contributed by atoms with Gasteiger partial charge < -0.3 is 15.2 Å². The molecule has 0 aromatic rings. The number of ether oxygens (including phenoxy) is 1. The monoisotopic (exact) mass is 201 g/mol. The Kier molecular flexibility index (Phi) is 3.50. The highest BCUT2D eigenvalue weighted by molar-refractivity contribution is 5.79. The molecule has 0 radical (unpaired) electrons. The molecule has 0 saturated carbocycles. The van der Waals surface area contributed by atoms with Crippen LogP contribution in [0.2, 0.25) is 0 Å². The second-order valence-electron chi connectivity index (χ2n) is 4.50. The maximum atomic E-state index is 11.6. The van der Waals surface area contributed by atoms with Gasteiger partial charge in [0.25, 0.3) is 0 Å². The molecule has 0 spiro atoms. The molecule has 1 amide bonds. The maximum absolute atomic E-state index is 11.6. The van der Waals surface area contributed by atoms with Crippen molar-refractivity contribution in [3.63, 3.8) is 0 Å². The first-order chi connectivity index (χ1) is 6.40. The first-order valence-corrected chi connectivity index (χ1v) is 5.02. The van der Waals surface area contributed by atoms with Crippen molar-refractivity contribution in [3.8, 4) is 0 Å². The topological polar surface area (TPSA) is 58.6 Å². The van der Waals surface area contributed by atoms with Crippen LogP contribution in [0.3, 0.4) is 0 Å². The summed E-state index contributed by atoms with van der Waals surface area (Å²) < 4.78 is 5.30. The van der Waals surface area contributed by atoms with Crippen LogP contribution in [-0.2, 0) is 9.53 Å². The summed E-state index contributed by atoms with van der Waals surface area (Å²) in [5.41, 5.74) is -0.849. The summed E-state index contributed by atoms with van der Waals surface area (Å²) in [6.45, 7) is 6.18. The van der Waals surface area contributed by atoms with Crippen LogP contribution >= 0.6 is 0 Å². The van der Waals surface area contributed by atoms with Gasteiger partial charge in [-0.1, -0.05) is 0 Å². The standard InChI is InChI=1S/C10H19NO3/c1-7-8(4-5-14-7)9(12)11-6-10(2,3)13/h7-8,13H,4-6H2,1-3H3,(H,11,12). The molecule has 2 atom stereocenters. The molecule has 1 rings (SSSR count). The van der Waals surface area contributed by atoms with E-state index < -0.39 is 5.60 Å². The SMILES string of the molecule is CC1OCCC1C(=O)NCC(C)(C)O. The zero-order valence-corrected chi connectivity index (χ0v) is 9.04. The van der Waals surface area contributed by atoms with E-state index in [-0.39, 0.29) is 24.5 Å². The minimum Gasteiger partial charge on any atom is -0.389 e. The lowest BCUT2D eigenvalue weighted by Gasteiger charge is -2.20. The van der Waals surface area contributed by atoms with E-state index in [1.165, 1.54) is 0 Å². The van der Waals surface area contributed by atoms with Gasteiger partial charge in [-0.25, -0.2) is 0 Å². The number of hydrogen-bond donors (Lipinski definition) is 2. The van der Waals surface area contributed by atoms with Crippen LogP contribution in [-0.4, -0.2) is 35.9 Å². The number of carbonyl (C=O) groups excluding carboxylic acids is 1. The predicted octanol–water partition coefficient (Wildman–Crippen LogP) is 0.299. The Morgan fingerprint density at radius 3 is 2.71 bits per heavy atom. The Labute approximate surface area is 84.6 Å². The van der Waals surface area contributed by atoms with Gasteiger partial charge in [-0.2, -0.15) is 0 Å². The molecule has 2 N–H and O–H groups in total. The van der Waals surface area contributed by atoms with Crippen molar-refractivity contribution < 1.29 is 14.6 Å². The minimum absolute atomic E-state index is 0.00296. The number of rotatable bonds is 3. The summed E-state index contributed by atoms with van der Waals surface area (Å²) in [4.78, 5) is 11.6. The summed E-state index contributed by atoms with van der Waals surface area (Å²) >= 11 is 0.